The van der Waals surface area contributed by atoms with E-state index in [9.17, 15) is 23.2 Å². The van der Waals surface area contributed by atoms with Crippen molar-refractivity contribution in [2.75, 3.05) is 0 Å². The minimum Gasteiger partial charge on any atom is -0.406 e. The standard InChI is InChI=1S/C14H13F3N2O2/c15-14(16,17)21-11-5-3-10(4-6-11)12(20)19-13(9-18)7-1-2-8-13/h3-6H,1-2,7-8H2,(H,19,20). The van der Waals surface area contributed by atoms with Gasteiger partial charge < -0.3 is 10.1 Å². The van der Waals surface area contributed by atoms with Gasteiger partial charge in [-0.3, -0.25) is 4.79 Å². The van der Waals surface area contributed by atoms with E-state index in [1.807, 2.05) is 0 Å². The molecule has 2 rings (SSSR count). The first-order valence-electron chi connectivity index (χ1n) is 6.43. The molecule has 4 nitrogen and oxygen atoms in total. The summed E-state index contributed by atoms with van der Waals surface area (Å²) < 4.78 is 39.8. The molecule has 0 unspecified atom stereocenters. The topological polar surface area (TPSA) is 62.1 Å². The van der Waals surface area contributed by atoms with Crippen molar-refractivity contribution in [3.8, 4) is 11.8 Å². The van der Waals surface area contributed by atoms with Gasteiger partial charge in [-0.2, -0.15) is 5.26 Å². The Balaban J connectivity index is 2.05. The molecule has 7 heteroatoms. The zero-order valence-electron chi connectivity index (χ0n) is 11.0. The molecule has 1 amide bonds. The fraction of sp³-hybridized carbons (Fsp3) is 0.429. The Hall–Kier alpha value is -2.23. The summed E-state index contributed by atoms with van der Waals surface area (Å²) in [6.45, 7) is 0. The lowest BCUT2D eigenvalue weighted by Gasteiger charge is -2.22. The summed E-state index contributed by atoms with van der Waals surface area (Å²) in [5, 5.41) is 11.8. The number of halogens is 3. The number of hydrogen-bond donors (Lipinski definition) is 1. The van der Waals surface area contributed by atoms with Crippen molar-refractivity contribution in [1.29, 1.82) is 5.26 Å². The van der Waals surface area contributed by atoms with Crippen molar-refractivity contribution < 1.29 is 22.7 Å². The van der Waals surface area contributed by atoms with E-state index in [0.29, 0.717) is 12.8 Å². The monoisotopic (exact) mass is 298 g/mol. The summed E-state index contributed by atoms with van der Waals surface area (Å²) in [5.74, 6) is -0.869. The maximum atomic E-state index is 12.0. The number of nitriles is 1. The third kappa shape index (κ3) is 3.88. The molecule has 21 heavy (non-hydrogen) atoms. The Kier molecular flexibility index (Phi) is 4.07. The normalized spacial score (nSPS) is 17.0. The van der Waals surface area contributed by atoms with Gasteiger partial charge in [0.1, 0.15) is 11.3 Å². The number of ether oxygens (including phenoxy) is 1. The van der Waals surface area contributed by atoms with E-state index in [1.165, 1.54) is 12.1 Å². The molecule has 0 bridgehead atoms. The van der Waals surface area contributed by atoms with Crippen molar-refractivity contribution in [2.24, 2.45) is 0 Å². The number of nitrogens with zero attached hydrogens (tertiary/aromatic N) is 1. The first-order chi connectivity index (χ1) is 9.84. The minimum absolute atomic E-state index is 0.186. The fourth-order valence-electron chi connectivity index (χ4n) is 2.34. The summed E-state index contributed by atoms with van der Waals surface area (Å²) in [5.41, 5.74) is -0.677. The summed E-state index contributed by atoms with van der Waals surface area (Å²) in [6, 6.07) is 6.71. The number of nitrogens with one attached hydrogen (secondary N) is 1. The van der Waals surface area contributed by atoms with E-state index >= 15 is 0 Å². The van der Waals surface area contributed by atoms with Gasteiger partial charge in [-0.25, -0.2) is 0 Å². The number of rotatable bonds is 3. The highest BCUT2D eigenvalue weighted by Gasteiger charge is 2.35. The predicted molar refractivity (Wildman–Crippen MR) is 67.4 cm³/mol. The molecule has 0 spiro atoms. The molecule has 1 aliphatic carbocycles. The van der Waals surface area contributed by atoms with Gasteiger partial charge in [0.25, 0.3) is 5.91 Å². The lowest BCUT2D eigenvalue weighted by atomic mass is 9.99. The molecule has 0 radical (unpaired) electrons. The van der Waals surface area contributed by atoms with Crippen LogP contribution in [0.4, 0.5) is 13.2 Å². The number of carbonyl (C=O) groups is 1. The highest BCUT2D eigenvalue weighted by atomic mass is 19.4. The lowest BCUT2D eigenvalue weighted by molar-refractivity contribution is -0.274. The summed E-state index contributed by atoms with van der Waals surface area (Å²) in [6.07, 6.45) is -1.86. The fourth-order valence-corrected chi connectivity index (χ4v) is 2.34. The Morgan fingerprint density at radius 3 is 2.29 bits per heavy atom. The second-order valence-electron chi connectivity index (χ2n) is 4.93. The first-order valence-corrected chi connectivity index (χ1v) is 6.43. The van der Waals surface area contributed by atoms with E-state index in [4.69, 9.17) is 0 Å². The molecule has 0 aromatic heterocycles. The largest absolute Gasteiger partial charge is 0.573 e. The predicted octanol–water partition coefficient (Wildman–Crippen LogP) is 3.15. The van der Waals surface area contributed by atoms with Crippen molar-refractivity contribution in [2.45, 2.75) is 37.6 Å². The SMILES string of the molecule is N#CC1(NC(=O)c2ccc(OC(F)(F)F)cc2)CCCC1. The number of hydrogen-bond acceptors (Lipinski definition) is 3. The number of carbonyl (C=O) groups excluding carboxylic acids is 1. The van der Waals surface area contributed by atoms with Crippen molar-refractivity contribution >= 4 is 5.91 Å². The Morgan fingerprint density at radius 2 is 1.81 bits per heavy atom. The third-order valence-corrected chi connectivity index (χ3v) is 3.37. The molecule has 112 valence electrons. The van der Waals surface area contributed by atoms with Crippen LogP contribution in [0.5, 0.6) is 5.75 Å². The van der Waals surface area contributed by atoms with Crippen LogP contribution in [0.1, 0.15) is 36.0 Å². The Bertz CT molecular complexity index is 555. The first kappa shape index (κ1) is 15.2. The van der Waals surface area contributed by atoms with Crippen LogP contribution in [-0.2, 0) is 0 Å². The average molecular weight is 298 g/mol. The van der Waals surface area contributed by atoms with Gasteiger partial charge in [-0.15, -0.1) is 13.2 Å². The molecule has 1 aromatic carbocycles. The summed E-state index contributed by atoms with van der Waals surface area (Å²) in [7, 11) is 0. The molecule has 0 atom stereocenters. The zero-order chi connectivity index (χ0) is 15.5. The summed E-state index contributed by atoms with van der Waals surface area (Å²) in [4.78, 5) is 12.0. The van der Waals surface area contributed by atoms with Crippen LogP contribution in [0.3, 0.4) is 0 Å². The van der Waals surface area contributed by atoms with Gasteiger partial charge in [0.05, 0.1) is 6.07 Å². The maximum absolute atomic E-state index is 12.0. The molecule has 1 fully saturated rings. The number of amides is 1. The van der Waals surface area contributed by atoms with Gasteiger partial charge in [0.15, 0.2) is 0 Å². The quantitative estimate of drug-likeness (QED) is 0.932. The van der Waals surface area contributed by atoms with Crippen LogP contribution in [0.2, 0.25) is 0 Å². The van der Waals surface area contributed by atoms with E-state index in [-0.39, 0.29) is 5.56 Å². The highest BCUT2D eigenvalue weighted by molar-refractivity contribution is 5.95. The molecule has 1 N–H and O–H groups in total. The maximum Gasteiger partial charge on any atom is 0.573 e. The van der Waals surface area contributed by atoms with Crippen LogP contribution < -0.4 is 10.1 Å². The smallest absolute Gasteiger partial charge is 0.406 e. The van der Waals surface area contributed by atoms with E-state index in [2.05, 4.69) is 16.1 Å². The van der Waals surface area contributed by atoms with E-state index < -0.39 is 23.6 Å². The second kappa shape index (κ2) is 5.64. The van der Waals surface area contributed by atoms with Gasteiger partial charge in [-0.1, -0.05) is 0 Å². The van der Waals surface area contributed by atoms with Crippen molar-refractivity contribution in [1.82, 2.24) is 5.32 Å². The van der Waals surface area contributed by atoms with Crippen LogP contribution in [0.25, 0.3) is 0 Å². The number of benzene rings is 1. The van der Waals surface area contributed by atoms with Gasteiger partial charge >= 0.3 is 6.36 Å². The number of alkyl halides is 3. The van der Waals surface area contributed by atoms with Crippen LogP contribution in [0, 0.1) is 11.3 Å². The van der Waals surface area contributed by atoms with Crippen LogP contribution >= 0.6 is 0 Å². The summed E-state index contributed by atoms with van der Waals surface area (Å²) >= 11 is 0. The van der Waals surface area contributed by atoms with E-state index in [1.54, 1.807) is 0 Å². The van der Waals surface area contributed by atoms with Gasteiger partial charge in [-0.05, 0) is 49.9 Å². The van der Waals surface area contributed by atoms with Crippen molar-refractivity contribution in [3.05, 3.63) is 29.8 Å². The molecule has 1 aliphatic rings. The van der Waals surface area contributed by atoms with Crippen LogP contribution in [-0.4, -0.2) is 17.8 Å². The molecular weight excluding hydrogens is 285 g/mol. The average Bonchev–Trinajstić information content (AvgIpc) is 2.87. The highest BCUT2D eigenvalue weighted by Crippen LogP contribution is 2.29. The minimum atomic E-state index is -4.77. The Labute approximate surface area is 119 Å². The second-order valence-corrected chi connectivity index (χ2v) is 4.93. The zero-order valence-corrected chi connectivity index (χ0v) is 11.0. The molecule has 1 saturated carbocycles. The lowest BCUT2D eigenvalue weighted by Crippen LogP contribution is -2.45. The van der Waals surface area contributed by atoms with Gasteiger partial charge in [0.2, 0.25) is 0 Å². The molecule has 1 aromatic rings. The van der Waals surface area contributed by atoms with Crippen LogP contribution in [0.15, 0.2) is 24.3 Å². The van der Waals surface area contributed by atoms with Crippen molar-refractivity contribution in [3.63, 3.8) is 0 Å². The molecule has 0 heterocycles. The third-order valence-electron chi connectivity index (χ3n) is 3.37. The molecule has 0 aliphatic heterocycles. The van der Waals surface area contributed by atoms with Gasteiger partial charge in [0, 0.05) is 5.56 Å². The Morgan fingerprint density at radius 1 is 1.24 bits per heavy atom. The van der Waals surface area contributed by atoms with E-state index in [0.717, 1.165) is 25.0 Å². The molecule has 0 saturated heterocycles. The molecular formula is C14H13F3N2O2.